The summed E-state index contributed by atoms with van der Waals surface area (Å²) in [5, 5.41) is 8.08. The highest BCUT2D eigenvalue weighted by molar-refractivity contribution is 5.84. The molecule has 0 spiro atoms. The van der Waals surface area contributed by atoms with Crippen molar-refractivity contribution in [3.8, 4) is 0 Å². The molecule has 0 aromatic rings. The van der Waals surface area contributed by atoms with E-state index >= 15 is 0 Å². The molecule has 0 aliphatic heterocycles. The highest BCUT2D eigenvalue weighted by Gasteiger charge is 2.07. The highest BCUT2D eigenvalue weighted by atomic mass is 16.6. The van der Waals surface area contributed by atoms with Crippen LogP contribution in [-0.4, -0.2) is 36.2 Å². The summed E-state index contributed by atoms with van der Waals surface area (Å²) in [5.74, 6) is -2.96. The molecule has 0 heterocycles. The van der Waals surface area contributed by atoms with Crippen molar-refractivity contribution in [2.24, 2.45) is 0 Å². The molecule has 0 bridgehead atoms. The Bertz CT molecular complexity index is 231. The van der Waals surface area contributed by atoms with Crippen LogP contribution in [0.3, 0.4) is 0 Å². The van der Waals surface area contributed by atoms with Crippen LogP contribution < -0.4 is 0 Å². The molecule has 0 aromatic carbocycles. The van der Waals surface area contributed by atoms with E-state index in [-0.39, 0.29) is 0 Å². The van der Waals surface area contributed by atoms with Crippen molar-refractivity contribution in [3.05, 3.63) is 12.7 Å². The summed E-state index contributed by atoms with van der Waals surface area (Å²) in [6, 6.07) is 0. The van der Waals surface area contributed by atoms with E-state index in [0.717, 1.165) is 6.08 Å². The number of carbonyl (C=O) groups is 3. The summed E-state index contributed by atoms with van der Waals surface area (Å²) in [6.45, 7) is 1.73. The van der Waals surface area contributed by atoms with Crippen molar-refractivity contribution in [1.82, 2.24) is 0 Å². The Balaban J connectivity index is 3.57. The lowest BCUT2D eigenvalue weighted by molar-refractivity contribution is -0.161. The minimum atomic E-state index is -1.27. The van der Waals surface area contributed by atoms with Crippen LogP contribution in [0.4, 0.5) is 0 Å². The quantitative estimate of drug-likeness (QED) is 0.455. The van der Waals surface area contributed by atoms with E-state index < -0.39 is 31.1 Å². The number of ether oxygens (including phenoxy) is 2. The van der Waals surface area contributed by atoms with Crippen LogP contribution >= 0.6 is 0 Å². The summed E-state index contributed by atoms with van der Waals surface area (Å²) in [6.07, 6.45) is 0.879. The van der Waals surface area contributed by atoms with Gasteiger partial charge in [-0.25, -0.2) is 14.4 Å². The smallest absolute Gasteiger partial charge is 0.344 e. The third-order valence-electron chi connectivity index (χ3n) is 0.856. The second-order valence-electron chi connectivity index (χ2n) is 1.87. The molecule has 0 amide bonds. The van der Waals surface area contributed by atoms with Gasteiger partial charge >= 0.3 is 17.9 Å². The molecule has 13 heavy (non-hydrogen) atoms. The number of hydrogen-bond donors (Lipinski definition) is 1. The van der Waals surface area contributed by atoms with Gasteiger partial charge in [0.1, 0.15) is 0 Å². The third kappa shape index (κ3) is 6.54. The molecule has 0 aliphatic carbocycles. The van der Waals surface area contributed by atoms with E-state index in [2.05, 4.69) is 16.1 Å². The normalized spacial score (nSPS) is 8.62. The average Bonchev–Trinajstić information content (AvgIpc) is 2.10. The Morgan fingerprint density at radius 2 is 1.85 bits per heavy atom. The van der Waals surface area contributed by atoms with E-state index in [0.29, 0.717) is 0 Å². The van der Waals surface area contributed by atoms with Gasteiger partial charge in [-0.2, -0.15) is 0 Å². The lowest BCUT2D eigenvalue weighted by atomic mass is 10.6. The van der Waals surface area contributed by atoms with Crippen molar-refractivity contribution >= 4 is 17.9 Å². The molecule has 0 aliphatic rings. The van der Waals surface area contributed by atoms with Crippen LogP contribution in [-0.2, 0) is 23.9 Å². The molecule has 0 unspecified atom stereocenters. The van der Waals surface area contributed by atoms with Gasteiger partial charge in [0, 0.05) is 6.08 Å². The minimum absolute atomic E-state index is 0.613. The number of esters is 2. The molecule has 6 heteroatoms. The molecule has 0 saturated carbocycles. The van der Waals surface area contributed by atoms with Crippen LogP contribution in [0.5, 0.6) is 0 Å². The number of carbonyl (C=O) groups excluding carboxylic acids is 2. The number of rotatable bonds is 5. The van der Waals surface area contributed by atoms with Crippen LogP contribution in [0.2, 0.25) is 0 Å². The Kier molecular flexibility index (Phi) is 4.94. The second-order valence-corrected chi connectivity index (χ2v) is 1.87. The molecule has 1 N–H and O–H groups in total. The van der Waals surface area contributed by atoms with Gasteiger partial charge in [0.05, 0.1) is 0 Å². The molecule has 0 radical (unpaired) electrons. The first-order valence-electron chi connectivity index (χ1n) is 3.23. The monoisotopic (exact) mass is 188 g/mol. The Labute approximate surface area is 73.7 Å². The van der Waals surface area contributed by atoms with Gasteiger partial charge in [0.2, 0.25) is 0 Å². The average molecular weight is 188 g/mol. The SMILES string of the molecule is C=CC(=O)OCC(=O)OCC(=O)O. The molecule has 0 fully saturated rings. The lowest BCUT2D eigenvalue weighted by Gasteiger charge is -2.01. The first-order chi connectivity index (χ1) is 6.06. The molecule has 0 atom stereocenters. The van der Waals surface area contributed by atoms with E-state index in [9.17, 15) is 14.4 Å². The Morgan fingerprint density at radius 3 is 2.31 bits per heavy atom. The van der Waals surface area contributed by atoms with Gasteiger partial charge in [-0.3, -0.25) is 0 Å². The maximum Gasteiger partial charge on any atom is 0.344 e. The van der Waals surface area contributed by atoms with E-state index in [1.54, 1.807) is 0 Å². The lowest BCUT2D eigenvalue weighted by Crippen LogP contribution is -2.18. The van der Waals surface area contributed by atoms with Crippen molar-refractivity contribution in [3.63, 3.8) is 0 Å². The highest BCUT2D eigenvalue weighted by Crippen LogP contribution is 1.83. The number of aliphatic carboxylic acids is 1. The van der Waals surface area contributed by atoms with Crippen molar-refractivity contribution in [1.29, 1.82) is 0 Å². The summed E-state index contributed by atoms with van der Waals surface area (Å²) in [7, 11) is 0. The number of carboxylic acid groups (broad SMARTS) is 1. The predicted octanol–water partition coefficient (Wildman–Crippen LogP) is -0.657. The molecule has 0 rings (SSSR count). The molecule has 0 saturated heterocycles. The second kappa shape index (κ2) is 5.76. The molecular weight excluding hydrogens is 180 g/mol. The van der Waals surface area contributed by atoms with E-state index in [1.165, 1.54) is 0 Å². The number of hydrogen-bond acceptors (Lipinski definition) is 5. The topological polar surface area (TPSA) is 89.9 Å². The summed E-state index contributed by atoms with van der Waals surface area (Å²) in [5.41, 5.74) is 0. The molecular formula is C7H8O6. The fourth-order valence-electron chi connectivity index (χ4n) is 0.373. The van der Waals surface area contributed by atoms with Gasteiger partial charge < -0.3 is 14.6 Å². The Hall–Kier alpha value is -1.85. The molecule has 0 aromatic heterocycles. The van der Waals surface area contributed by atoms with Crippen LogP contribution in [0.15, 0.2) is 12.7 Å². The largest absolute Gasteiger partial charge is 0.479 e. The zero-order chi connectivity index (χ0) is 10.3. The Morgan fingerprint density at radius 1 is 1.23 bits per heavy atom. The molecule has 6 nitrogen and oxygen atoms in total. The fourth-order valence-corrected chi connectivity index (χ4v) is 0.373. The maximum atomic E-state index is 10.6. The van der Waals surface area contributed by atoms with Gasteiger partial charge in [-0.1, -0.05) is 6.58 Å². The van der Waals surface area contributed by atoms with E-state index in [1.807, 2.05) is 0 Å². The first-order valence-corrected chi connectivity index (χ1v) is 3.23. The van der Waals surface area contributed by atoms with Gasteiger partial charge in [0.25, 0.3) is 0 Å². The predicted molar refractivity (Wildman–Crippen MR) is 39.8 cm³/mol. The van der Waals surface area contributed by atoms with Crippen LogP contribution in [0, 0.1) is 0 Å². The summed E-state index contributed by atoms with van der Waals surface area (Å²) >= 11 is 0. The fraction of sp³-hybridized carbons (Fsp3) is 0.286. The maximum absolute atomic E-state index is 10.6. The third-order valence-corrected chi connectivity index (χ3v) is 0.856. The van der Waals surface area contributed by atoms with Gasteiger partial charge in [0.15, 0.2) is 13.2 Å². The van der Waals surface area contributed by atoms with Gasteiger partial charge in [-0.05, 0) is 0 Å². The summed E-state index contributed by atoms with van der Waals surface area (Å²) in [4.78, 5) is 30.9. The van der Waals surface area contributed by atoms with Crippen molar-refractivity contribution in [2.75, 3.05) is 13.2 Å². The molecule has 72 valence electrons. The zero-order valence-corrected chi connectivity index (χ0v) is 6.69. The van der Waals surface area contributed by atoms with E-state index in [4.69, 9.17) is 5.11 Å². The van der Waals surface area contributed by atoms with Crippen LogP contribution in [0.1, 0.15) is 0 Å². The number of carboxylic acids is 1. The zero-order valence-electron chi connectivity index (χ0n) is 6.69. The standard InChI is InChI=1S/C7H8O6/c1-2-6(10)13-4-7(11)12-3-5(8)9/h2H,1,3-4H2,(H,8,9). The van der Waals surface area contributed by atoms with Crippen molar-refractivity contribution < 1.29 is 29.0 Å². The van der Waals surface area contributed by atoms with Gasteiger partial charge in [-0.15, -0.1) is 0 Å². The summed E-state index contributed by atoms with van der Waals surface area (Å²) < 4.78 is 8.41. The minimum Gasteiger partial charge on any atom is -0.479 e. The van der Waals surface area contributed by atoms with Crippen LogP contribution in [0.25, 0.3) is 0 Å². The van der Waals surface area contributed by atoms with Crippen molar-refractivity contribution in [2.45, 2.75) is 0 Å². The first kappa shape index (κ1) is 11.2.